The van der Waals surface area contributed by atoms with Crippen LogP contribution in [0.1, 0.15) is 0 Å². The molecule has 2 aromatic rings. The molecule has 0 radical (unpaired) electrons. The Morgan fingerprint density at radius 3 is 2.62 bits per heavy atom. The predicted molar refractivity (Wildman–Crippen MR) is 93.0 cm³/mol. The second kappa shape index (κ2) is 7.77. The van der Waals surface area contributed by atoms with E-state index in [1.54, 1.807) is 0 Å². The molecule has 26 heavy (non-hydrogen) atoms. The van der Waals surface area contributed by atoms with Crippen molar-refractivity contribution in [3.8, 4) is 0 Å². The minimum absolute atomic E-state index is 0.0393. The minimum Gasteiger partial charge on any atom is -0.324 e. The standard InChI is InChI=1S/C15H13ClFN3O5S/c1-19(9-15(21)18-14-6-5-10(17)7-13(14)16)26(24,25)12-4-2-3-11(8-12)20(22)23/h2-8H,9H2,1H3,(H,18,21). The van der Waals surface area contributed by atoms with Crippen molar-refractivity contribution in [1.82, 2.24) is 4.31 Å². The second-order valence-corrected chi connectivity index (χ2v) is 7.64. The molecule has 0 atom stereocenters. The molecular weight excluding hydrogens is 389 g/mol. The lowest BCUT2D eigenvalue weighted by atomic mass is 10.3. The summed E-state index contributed by atoms with van der Waals surface area (Å²) in [6.45, 7) is -0.571. The molecule has 1 N–H and O–H groups in total. The van der Waals surface area contributed by atoms with Crippen LogP contribution < -0.4 is 5.32 Å². The van der Waals surface area contributed by atoms with E-state index in [4.69, 9.17) is 11.6 Å². The highest BCUT2D eigenvalue weighted by Crippen LogP contribution is 2.23. The maximum Gasteiger partial charge on any atom is 0.270 e. The number of amides is 1. The molecule has 0 heterocycles. The van der Waals surface area contributed by atoms with E-state index in [1.807, 2.05) is 0 Å². The first-order valence-electron chi connectivity index (χ1n) is 7.07. The number of non-ortho nitro benzene ring substituents is 1. The third kappa shape index (κ3) is 4.54. The number of nitrogens with one attached hydrogen (secondary N) is 1. The summed E-state index contributed by atoms with van der Waals surface area (Å²) in [5.74, 6) is -1.30. The van der Waals surface area contributed by atoms with Crippen molar-refractivity contribution in [2.75, 3.05) is 18.9 Å². The van der Waals surface area contributed by atoms with Gasteiger partial charge >= 0.3 is 0 Å². The Hall–Kier alpha value is -2.56. The molecule has 0 aliphatic rings. The summed E-state index contributed by atoms with van der Waals surface area (Å²) in [6.07, 6.45) is 0. The highest BCUT2D eigenvalue weighted by Gasteiger charge is 2.25. The molecule has 0 aliphatic heterocycles. The van der Waals surface area contributed by atoms with Crippen molar-refractivity contribution in [2.24, 2.45) is 0 Å². The van der Waals surface area contributed by atoms with Crippen LogP contribution in [0, 0.1) is 15.9 Å². The molecule has 0 unspecified atom stereocenters. The van der Waals surface area contributed by atoms with E-state index in [9.17, 15) is 27.7 Å². The zero-order valence-electron chi connectivity index (χ0n) is 13.3. The van der Waals surface area contributed by atoms with Gasteiger partial charge in [-0.2, -0.15) is 4.31 Å². The lowest BCUT2D eigenvalue weighted by Gasteiger charge is -2.17. The molecular formula is C15H13ClFN3O5S. The van der Waals surface area contributed by atoms with Crippen LogP contribution in [0.15, 0.2) is 47.4 Å². The molecule has 0 saturated carbocycles. The summed E-state index contributed by atoms with van der Waals surface area (Å²) in [4.78, 5) is 21.8. The average Bonchev–Trinajstić information content (AvgIpc) is 2.57. The highest BCUT2D eigenvalue weighted by atomic mass is 35.5. The van der Waals surface area contributed by atoms with Crippen LogP contribution >= 0.6 is 11.6 Å². The third-order valence-corrected chi connectivity index (χ3v) is 5.42. The smallest absolute Gasteiger partial charge is 0.270 e. The van der Waals surface area contributed by atoms with E-state index in [2.05, 4.69) is 5.32 Å². The Balaban J connectivity index is 2.14. The van der Waals surface area contributed by atoms with E-state index in [1.165, 1.54) is 18.2 Å². The monoisotopic (exact) mass is 401 g/mol. The van der Waals surface area contributed by atoms with Crippen molar-refractivity contribution in [1.29, 1.82) is 0 Å². The van der Waals surface area contributed by atoms with Gasteiger partial charge in [-0.15, -0.1) is 0 Å². The van der Waals surface area contributed by atoms with Gasteiger partial charge in [-0.3, -0.25) is 14.9 Å². The molecule has 0 fully saturated rings. The van der Waals surface area contributed by atoms with Gasteiger partial charge in [-0.05, 0) is 24.3 Å². The largest absolute Gasteiger partial charge is 0.324 e. The molecule has 11 heteroatoms. The van der Waals surface area contributed by atoms with Crippen LogP contribution in [0.25, 0.3) is 0 Å². The quantitative estimate of drug-likeness (QED) is 0.591. The number of rotatable bonds is 6. The zero-order valence-corrected chi connectivity index (χ0v) is 14.9. The van der Waals surface area contributed by atoms with E-state index in [-0.39, 0.29) is 21.3 Å². The van der Waals surface area contributed by atoms with Gasteiger partial charge in [0, 0.05) is 19.2 Å². The summed E-state index contributed by atoms with van der Waals surface area (Å²) in [7, 11) is -2.97. The van der Waals surface area contributed by atoms with Crippen LogP contribution in [0.3, 0.4) is 0 Å². The summed E-state index contributed by atoms with van der Waals surface area (Å²) in [5, 5.41) is 13.1. The Bertz CT molecular complexity index is 968. The number of sulfonamides is 1. The van der Waals surface area contributed by atoms with Crippen LogP contribution in [-0.2, 0) is 14.8 Å². The normalized spacial score (nSPS) is 11.4. The fourth-order valence-corrected chi connectivity index (χ4v) is 3.39. The maximum atomic E-state index is 13.0. The minimum atomic E-state index is -4.12. The number of nitro benzene ring substituents is 1. The van der Waals surface area contributed by atoms with E-state index >= 15 is 0 Å². The number of likely N-dealkylation sites (N-methyl/N-ethyl adjacent to an activating group) is 1. The highest BCUT2D eigenvalue weighted by molar-refractivity contribution is 7.89. The molecule has 0 spiro atoms. The maximum absolute atomic E-state index is 13.0. The van der Waals surface area contributed by atoms with Gasteiger partial charge in [-0.1, -0.05) is 17.7 Å². The van der Waals surface area contributed by atoms with E-state index in [0.717, 1.165) is 35.6 Å². The summed E-state index contributed by atoms with van der Waals surface area (Å²) >= 11 is 5.79. The van der Waals surface area contributed by atoms with E-state index < -0.39 is 33.2 Å². The topological polar surface area (TPSA) is 110 Å². The molecule has 0 aliphatic carbocycles. The molecule has 0 saturated heterocycles. The molecule has 8 nitrogen and oxygen atoms in total. The fraction of sp³-hybridized carbons (Fsp3) is 0.133. The number of carbonyl (C=O) groups excluding carboxylic acids is 1. The van der Waals surface area contributed by atoms with Crippen LogP contribution in [0.5, 0.6) is 0 Å². The Morgan fingerprint density at radius 2 is 2.00 bits per heavy atom. The first-order chi connectivity index (χ1) is 12.1. The predicted octanol–water partition coefficient (Wildman–Crippen LogP) is 2.65. The Labute approximate surface area is 153 Å². The number of nitrogens with zero attached hydrogens (tertiary/aromatic N) is 2. The molecule has 0 aromatic heterocycles. The van der Waals surface area contributed by atoms with Gasteiger partial charge in [0.05, 0.1) is 27.1 Å². The zero-order chi connectivity index (χ0) is 19.5. The molecule has 138 valence electrons. The number of anilines is 1. The van der Waals surface area contributed by atoms with E-state index in [0.29, 0.717) is 0 Å². The summed E-state index contributed by atoms with van der Waals surface area (Å²) in [5.41, 5.74) is -0.263. The number of benzene rings is 2. The van der Waals surface area contributed by atoms with Gasteiger partial charge in [0.2, 0.25) is 15.9 Å². The molecule has 2 rings (SSSR count). The number of nitro groups is 1. The second-order valence-electron chi connectivity index (χ2n) is 5.19. The van der Waals surface area contributed by atoms with Crippen molar-refractivity contribution >= 4 is 38.9 Å². The Kier molecular flexibility index (Phi) is 5.90. The number of hydrogen-bond acceptors (Lipinski definition) is 5. The van der Waals surface area contributed by atoms with Crippen LogP contribution in [-0.4, -0.2) is 37.1 Å². The molecule has 1 amide bonds. The lowest BCUT2D eigenvalue weighted by Crippen LogP contribution is -2.35. The van der Waals surface area contributed by atoms with Crippen molar-refractivity contribution in [3.05, 3.63) is 63.4 Å². The van der Waals surface area contributed by atoms with Crippen molar-refractivity contribution < 1.29 is 22.5 Å². The lowest BCUT2D eigenvalue weighted by molar-refractivity contribution is -0.385. The number of halogens is 2. The van der Waals surface area contributed by atoms with Crippen LogP contribution in [0.4, 0.5) is 15.8 Å². The third-order valence-electron chi connectivity index (χ3n) is 3.31. The number of hydrogen-bond donors (Lipinski definition) is 1. The van der Waals surface area contributed by atoms with Gasteiger partial charge in [-0.25, -0.2) is 12.8 Å². The fourth-order valence-electron chi connectivity index (χ4n) is 2.01. The molecule has 2 aromatic carbocycles. The summed E-state index contributed by atoms with van der Waals surface area (Å²) < 4.78 is 38.6. The van der Waals surface area contributed by atoms with Crippen molar-refractivity contribution in [3.63, 3.8) is 0 Å². The first-order valence-corrected chi connectivity index (χ1v) is 8.89. The van der Waals surface area contributed by atoms with Gasteiger partial charge in [0.25, 0.3) is 5.69 Å². The van der Waals surface area contributed by atoms with Gasteiger partial charge < -0.3 is 5.32 Å². The van der Waals surface area contributed by atoms with Gasteiger partial charge in [0.1, 0.15) is 5.82 Å². The molecule has 0 bridgehead atoms. The van der Waals surface area contributed by atoms with Crippen LogP contribution in [0.2, 0.25) is 5.02 Å². The van der Waals surface area contributed by atoms with Gasteiger partial charge in [0.15, 0.2) is 0 Å². The first kappa shape index (κ1) is 19.8. The summed E-state index contributed by atoms with van der Waals surface area (Å²) in [6, 6.07) is 7.81. The Morgan fingerprint density at radius 1 is 1.31 bits per heavy atom. The SMILES string of the molecule is CN(CC(=O)Nc1ccc(F)cc1Cl)S(=O)(=O)c1cccc([N+](=O)[O-])c1. The number of carbonyl (C=O) groups is 1. The van der Waals surface area contributed by atoms with Crippen molar-refractivity contribution in [2.45, 2.75) is 4.90 Å². The average molecular weight is 402 g/mol.